The van der Waals surface area contributed by atoms with Gasteiger partial charge >= 0.3 is 0 Å². The van der Waals surface area contributed by atoms with E-state index < -0.39 is 0 Å². The fourth-order valence-corrected chi connectivity index (χ4v) is 2.54. The van der Waals surface area contributed by atoms with Crippen molar-refractivity contribution in [1.29, 1.82) is 0 Å². The Kier molecular flexibility index (Phi) is 4.83. The van der Waals surface area contributed by atoms with Crippen LogP contribution in [0.4, 0.5) is 0 Å². The van der Waals surface area contributed by atoms with Crippen LogP contribution in [-0.4, -0.2) is 24.8 Å². The molecule has 1 fully saturated rings. The first-order valence-corrected chi connectivity index (χ1v) is 6.46. The van der Waals surface area contributed by atoms with Crippen molar-refractivity contribution in [1.82, 2.24) is 5.32 Å². The fraction of sp³-hybridized carbons (Fsp3) is 0.857. The molecule has 0 radical (unpaired) electrons. The Hall–Kier alpha value is -0.520. The molecule has 0 aromatic heterocycles. The van der Waals surface area contributed by atoms with E-state index in [4.69, 9.17) is 11.2 Å². The van der Waals surface area contributed by atoms with Gasteiger partial charge in [0, 0.05) is 18.1 Å². The van der Waals surface area contributed by atoms with Crippen molar-refractivity contribution in [3.8, 4) is 12.3 Å². The van der Waals surface area contributed by atoms with Gasteiger partial charge in [-0.15, -0.1) is 6.42 Å². The highest BCUT2D eigenvalue weighted by atomic mass is 16.5. The smallest absolute Gasteiger partial charge is 0.0686 e. The van der Waals surface area contributed by atoms with Gasteiger partial charge in [0.1, 0.15) is 0 Å². The summed E-state index contributed by atoms with van der Waals surface area (Å²) in [4.78, 5) is 0. The molecular formula is C14H25NO. The SMILES string of the molecule is C#CC(CC)NC1CC(OCC)C1(C)CC. The zero-order chi connectivity index (χ0) is 12.2. The van der Waals surface area contributed by atoms with Gasteiger partial charge in [-0.25, -0.2) is 0 Å². The molecule has 1 aliphatic carbocycles. The second kappa shape index (κ2) is 5.70. The molecule has 2 nitrogen and oxygen atoms in total. The van der Waals surface area contributed by atoms with E-state index in [0.717, 1.165) is 25.9 Å². The van der Waals surface area contributed by atoms with E-state index in [1.165, 1.54) is 0 Å². The summed E-state index contributed by atoms with van der Waals surface area (Å²) in [6, 6.07) is 0.716. The Morgan fingerprint density at radius 1 is 1.50 bits per heavy atom. The highest BCUT2D eigenvalue weighted by molar-refractivity contribution is 5.09. The van der Waals surface area contributed by atoms with Gasteiger partial charge < -0.3 is 10.1 Å². The number of terminal acetylenes is 1. The third kappa shape index (κ3) is 2.42. The fourth-order valence-electron chi connectivity index (χ4n) is 2.54. The van der Waals surface area contributed by atoms with E-state index in [2.05, 4.69) is 38.9 Å². The van der Waals surface area contributed by atoms with E-state index >= 15 is 0 Å². The minimum atomic E-state index is 0.207. The van der Waals surface area contributed by atoms with Crippen LogP contribution < -0.4 is 5.32 Å². The number of nitrogens with one attached hydrogen (secondary N) is 1. The molecular weight excluding hydrogens is 198 g/mol. The lowest BCUT2D eigenvalue weighted by atomic mass is 9.61. The van der Waals surface area contributed by atoms with Crippen LogP contribution in [0.1, 0.15) is 47.0 Å². The van der Waals surface area contributed by atoms with Crippen LogP contribution in [0.2, 0.25) is 0 Å². The van der Waals surface area contributed by atoms with E-state index in [1.54, 1.807) is 0 Å². The Morgan fingerprint density at radius 2 is 2.19 bits per heavy atom. The van der Waals surface area contributed by atoms with E-state index in [-0.39, 0.29) is 11.5 Å². The molecule has 0 heterocycles. The number of hydrogen-bond acceptors (Lipinski definition) is 2. The Morgan fingerprint density at radius 3 is 2.62 bits per heavy atom. The molecule has 1 rings (SSSR count). The predicted molar refractivity (Wildman–Crippen MR) is 68.3 cm³/mol. The minimum Gasteiger partial charge on any atom is -0.378 e. The first-order valence-electron chi connectivity index (χ1n) is 6.46. The van der Waals surface area contributed by atoms with Crippen LogP contribution in [0.15, 0.2) is 0 Å². The largest absolute Gasteiger partial charge is 0.378 e. The molecule has 0 aromatic rings. The van der Waals surface area contributed by atoms with E-state index in [0.29, 0.717) is 12.1 Å². The van der Waals surface area contributed by atoms with Gasteiger partial charge in [0.25, 0.3) is 0 Å². The van der Waals surface area contributed by atoms with Crippen LogP contribution in [0.5, 0.6) is 0 Å². The van der Waals surface area contributed by atoms with Gasteiger partial charge in [0.2, 0.25) is 0 Å². The van der Waals surface area contributed by atoms with Crippen molar-refractivity contribution in [3.63, 3.8) is 0 Å². The summed E-state index contributed by atoms with van der Waals surface area (Å²) in [5.74, 6) is 2.81. The summed E-state index contributed by atoms with van der Waals surface area (Å²) in [6.07, 6.45) is 9.11. The van der Waals surface area contributed by atoms with Crippen LogP contribution >= 0.6 is 0 Å². The minimum absolute atomic E-state index is 0.207. The first kappa shape index (κ1) is 13.5. The quantitative estimate of drug-likeness (QED) is 0.699. The van der Waals surface area contributed by atoms with Crippen LogP contribution in [0, 0.1) is 17.8 Å². The highest BCUT2D eigenvalue weighted by Gasteiger charge is 2.51. The molecule has 2 heteroatoms. The monoisotopic (exact) mass is 223 g/mol. The molecule has 0 aromatic carbocycles. The Bertz CT molecular complexity index is 258. The average Bonchev–Trinajstić information content (AvgIpc) is 2.32. The van der Waals surface area contributed by atoms with Crippen molar-refractivity contribution in [2.24, 2.45) is 5.41 Å². The zero-order valence-electron chi connectivity index (χ0n) is 11.0. The number of hydrogen-bond donors (Lipinski definition) is 1. The van der Waals surface area contributed by atoms with Crippen LogP contribution in [0.25, 0.3) is 0 Å². The molecule has 0 amide bonds. The van der Waals surface area contributed by atoms with E-state index in [1.807, 2.05) is 0 Å². The Labute approximate surface area is 100 Å². The molecule has 0 spiro atoms. The van der Waals surface area contributed by atoms with Crippen LogP contribution in [-0.2, 0) is 4.74 Å². The van der Waals surface area contributed by atoms with Gasteiger partial charge in [0.05, 0.1) is 12.1 Å². The molecule has 4 atom stereocenters. The topological polar surface area (TPSA) is 21.3 Å². The van der Waals surface area contributed by atoms with Crippen molar-refractivity contribution in [2.45, 2.75) is 65.1 Å². The normalized spacial score (nSPS) is 35.2. The van der Waals surface area contributed by atoms with Gasteiger partial charge in [0.15, 0.2) is 0 Å². The summed E-state index contributed by atoms with van der Waals surface area (Å²) in [6.45, 7) is 9.53. The molecule has 1 aliphatic rings. The lowest BCUT2D eigenvalue weighted by Crippen LogP contribution is -2.63. The summed E-state index contributed by atoms with van der Waals surface area (Å²) < 4.78 is 5.77. The number of rotatable bonds is 6. The predicted octanol–water partition coefficient (Wildman–Crippen LogP) is 2.58. The van der Waals surface area contributed by atoms with Crippen LogP contribution in [0.3, 0.4) is 0 Å². The summed E-state index contributed by atoms with van der Waals surface area (Å²) in [5.41, 5.74) is 0.250. The lowest BCUT2D eigenvalue weighted by Gasteiger charge is -2.54. The summed E-state index contributed by atoms with van der Waals surface area (Å²) in [7, 11) is 0. The van der Waals surface area contributed by atoms with Crippen molar-refractivity contribution in [2.75, 3.05) is 6.61 Å². The maximum Gasteiger partial charge on any atom is 0.0686 e. The highest BCUT2D eigenvalue weighted by Crippen LogP contribution is 2.46. The third-order valence-corrected chi connectivity index (χ3v) is 4.12. The third-order valence-electron chi connectivity index (χ3n) is 4.12. The number of ether oxygens (including phenoxy) is 1. The standard InChI is InChI=1S/C14H25NO/c1-6-11(7-2)15-12-10-13(16-9-4)14(12,5)8-3/h1,11-13,15H,7-10H2,2-5H3. The Balaban J connectivity index is 2.55. The molecule has 1 saturated carbocycles. The van der Waals surface area contributed by atoms with Crippen molar-refractivity contribution < 1.29 is 4.74 Å². The van der Waals surface area contributed by atoms with Crippen molar-refractivity contribution in [3.05, 3.63) is 0 Å². The van der Waals surface area contributed by atoms with Gasteiger partial charge in [-0.05, 0) is 26.2 Å². The van der Waals surface area contributed by atoms with Gasteiger partial charge in [-0.3, -0.25) is 0 Å². The molecule has 16 heavy (non-hydrogen) atoms. The average molecular weight is 223 g/mol. The van der Waals surface area contributed by atoms with Gasteiger partial charge in [-0.1, -0.05) is 26.7 Å². The zero-order valence-corrected chi connectivity index (χ0v) is 11.0. The summed E-state index contributed by atoms with van der Waals surface area (Å²) >= 11 is 0. The molecule has 92 valence electrons. The molecule has 0 saturated heterocycles. The van der Waals surface area contributed by atoms with Crippen molar-refractivity contribution >= 4 is 0 Å². The van der Waals surface area contributed by atoms with E-state index in [9.17, 15) is 0 Å². The van der Waals surface area contributed by atoms with Gasteiger partial charge in [-0.2, -0.15) is 0 Å². The lowest BCUT2D eigenvalue weighted by molar-refractivity contribution is -0.126. The summed E-state index contributed by atoms with van der Waals surface area (Å²) in [5, 5.41) is 3.57. The molecule has 4 unspecified atom stereocenters. The molecule has 0 aliphatic heterocycles. The molecule has 1 N–H and O–H groups in total. The molecule has 0 bridgehead atoms. The maximum absolute atomic E-state index is 5.77. The second-order valence-corrected chi connectivity index (χ2v) is 4.89. The second-order valence-electron chi connectivity index (χ2n) is 4.89. The first-order chi connectivity index (χ1) is 7.62. The maximum atomic E-state index is 5.77.